The summed E-state index contributed by atoms with van der Waals surface area (Å²) in [6.07, 6.45) is 6.77. The number of hydrogen-bond donors (Lipinski definition) is 1. The maximum atomic E-state index is 13.1. The van der Waals surface area contributed by atoms with E-state index in [1.807, 2.05) is 61.2 Å². The Morgan fingerprint density at radius 3 is 2.39 bits per heavy atom. The standard InChI is InChI=1S/C25H27N3O3.C2H6/c29-24-22-10-2-1-9-21(22)23(26-27-24)16-17-5-3-6-18(15-17)25(30)28-13-11-20(12-14-28)31-19-7-4-8-19;1-2/h1-3,5-6,9-10,15,19-20H,4,7-8,11-14,16H2,(H,27,29);1-2H3. The van der Waals surface area contributed by atoms with Gasteiger partial charge in [0, 0.05) is 30.5 Å². The monoisotopic (exact) mass is 447 g/mol. The van der Waals surface area contributed by atoms with Gasteiger partial charge in [-0.15, -0.1) is 0 Å². The summed E-state index contributed by atoms with van der Waals surface area (Å²) >= 11 is 0. The Balaban J connectivity index is 0.00000126. The van der Waals surface area contributed by atoms with Crippen LogP contribution in [0.15, 0.2) is 53.3 Å². The number of aromatic amines is 1. The van der Waals surface area contributed by atoms with Crippen LogP contribution in [0.1, 0.15) is 67.6 Å². The number of ether oxygens (including phenoxy) is 1. The van der Waals surface area contributed by atoms with Crippen LogP contribution in [-0.4, -0.2) is 46.3 Å². The van der Waals surface area contributed by atoms with Crippen molar-refractivity contribution in [2.24, 2.45) is 0 Å². The number of nitrogens with zero attached hydrogens (tertiary/aromatic N) is 2. The van der Waals surface area contributed by atoms with Crippen molar-refractivity contribution in [1.82, 2.24) is 15.1 Å². The summed E-state index contributed by atoms with van der Waals surface area (Å²) in [6, 6.07) is 15.2. The van der Waals surface area contributed by atoms with Gasteiger partial charge in [0.05, 0.1) is 23.3 Å². The van der Waals surface area contributed by atoms with E-state index >= 15 is 0 Å². The quantitative estimate of drug-likeness (QED) is 0.614. The topological polar surface area (TPSA) is 75.3 Å². The van der Waals surface area contributed by atoms with Gasteiger partial charge in [0.2, 0.25) is 0 Å². The molecular formula is C27H33N3O3. The molecule has 33 heavy (non-hydrogen) atoms. The van der Waals surface area contributed by atoms with E-state index in [9.17, 15) is 9.59 Å². The van der Waals surface area contributed by atoms with E-state index in [4.69, 9.17) is 4.74 Å². The number of carbonyl (C=O) groups is 1. The van der Waals surface area contributed by atoms with Crippen molar-refractivity contribution in [3.63, 3.8) is 0 Å². The van der Waals surface area contributed by atoms with Crippen LogP contribution < -0.4 is 5.56 Å². The zero-order valence-electron chi connectivity index (χ0n) is 19.5. The summed E-state index contributed by atoms with van der Waals surface area (Å²) in [7, 11) is 0. The van der Waals surface area contributed by atoms with Gasteiger partial charge in [0.15, 0.2) is 0 Å². The molecular weight excluding hydrogens is 414 g/mol. The van der Waals surface area contributed by atoms with E-state index < -0.39 is 0 Å². The van der Waals surface area contributed by atoms with Crippen molar-refractivity contribution < 1.29 is 9.53 Å². The highest BCUT2D eigenvalue weighted by Gasteiger charge is 2.28. The molecule has 2 aromatic carbocycles. The Morgan fingerprint density at radius 2 is 1.70 bits per heavy atom. The molecule has 0 radical (unpaired) electrons. The molecule has 1 amide bonds. The van der Waals surface area contributed by atoms with E-state index in [0.29, 0.717) is 29.6 Å². The first-order valence-electron chi connectivity index (χ1n) is 12.2. The van der Waals surface area contributed by atoms with Crippen LogP contribution in [0.2, 0.25) is 0 Å². The van der Waals surface area contributed by atoms with Crippen LogP contribution in [-0.2, 0) is 11.2 Å². The Morgan fingerprint density at radius 1 is 1.00 bits per heavy atom. The molecule has 5 rings (SSSR count). The molecule has 0 spiro atoms. The van der Waals surface area contributed by atoms with Crippen LogP contribution in [0, 0.1) is 0 Å². The van der Waals surface area contributed by atoms with Gasteiger partial charge in [0.1, 0.15) is 0 Å². The minimum absolute atomic E-state index is 0.0724. The van der Waals surface area contributed by atoms with Crippen molar-refractivity contribution in [1.29, 1.82) is 0 Å². The first kappa shape index (κ1) is 23.2. The van der Waals surface area contributed by atoms with Crippen molar-refractivity contribution in [2.75, 3.05) is 13.1 Å². The third-order valence-electron chi connectivity index (χ3n) is 6.49. The highest BCUT2D eigenvalue weighted by atomic mass is 16.5. The summed E-state index contributed by atoms with van der Waals surface area (Å²) in [4.78, 5) is 27.0. The highest BCUT2D eigenvalue weighted by Crippen LogP contribution is 2.27. The molecule has 2 aliphatic rings. The molecule has 0 unspecified atom stereocenters. The number of amides is 1. The predicted octanol–water partition coefficient (Wildman–Crippen LogP) is 4.71. The minimum Gasteiger partial charge on any atom is -0.375 e. The smallest absolute Gasteiger partial charge is 0.272 e. The Hall–Kier alpha value is -2.99. The molecule has 2 heterocycles. The number of aromatic nitrogens is 2. The molecule has 1 aliphatic carbocycles. The van der Waals surface area contributed by atoms with Gasteiger partial charge in [-0.3, -0.25) is 9.59 Å². The molecule has 1 N–H and O–H groups in total. The summed E-state index contributed by atoms with van der Waals surface area (Å²) in [6.45, 7) is 5.49. The van der Waals surface area contributed by atoms with E-state index in [1.54, 1.807) is 6.07 Å². The van der Waals surface area contributed by atoms with Crippen LogP contribution in [0.4, 0.5) is 0 Å². The first-order chi connectivity index (χ1) is 16.2. The third-order valence-corrected chi connectivity index (χ3v) is 6.49. The number of carbonyl (C=O) groups excluding carboxylic acids is 1. The summed E-state index contributed by atoms with van der Waals surface area (Å²) < 4.78 is 6.12. The van der Waals surface area contributed by atoms with E-state index in [2.05, 4.69) is 10.2 Å². The van der Waals surface area contributed by atoms with Crippen molar-refractivity contribution in [3.8, 4) is 0 Å². The van der Waals surface area contributed by atoms with Crippen molar-refractivity contribution in [2.45, 2.75) is 64.6 Å². The average molecular weight is 448 g/mol. The lowest BCUT2D eigenvalue weighted by molar-refractivity contribution is -0.0705. The minimum atomic E-state index is -0.187. The Labute approximate surface area is 195 Å². The SMILES string of the molecule is CC.O=C(c1cccc(Cc2n[nH]c(=O)c3ccccc23)c1)N1CCC(OC2CCC2)CC1. The fourth-order valence-electron chi connectivity index (χ4n) is 4.47. The normalized spacial score (nSPS) is 16.7. The number of piperidine rings is 1. The van der Waals surface area contributed by atoms with E-state index in [1.165, 1.54) is 19.3 Å². The predicted molar refractivity (Wildman–Crippen MR) is 131 cm³/mol. The lowest BCUT2D eigenvalue weighted by atomic mass is 9.95. The number of hydrogen-bond acceptors (Lipinski definition) is 4. The molecule has 1 aliphatic heterocycles. The summed E-state index contributed by atoms with van der Waals surface area (Å²) in [5.74, 6) is 0.0724. The van der Waals surface area contributed by atoms with Crippen molar-refractivity contribution in [3.05, 3.63) is 75.7 Å². The van der Waals surface area contributed by atoms with Gasteiger partial charge in [-0.2, -0.15) is 5.10 Å². The van der Waals surface area contributed by atoms with Gasteiger partial charge < -0.3 is 9.64 Å². The van der Waals surface area contributed by atoms with E-state index in [-0.39, 0.29) is 11.5 Å². The second-order valence-corrected chi connectivity index (χ2v) is 8.60. The molecule has 3 aromatic rings. The Bertz CT molecular complexity index is 1140. The molecule has 6 heteroatoms. The second-order valence-electron chi connectivity index (χ2n) is 8.60. The van der Waals surface area contributed by atoms with Crippen LogP contribution >= 0.6 is 0 Å². The van der Waals surface area contributed by atoms with Crippen LogP contribution in [0.3, 0.4) is 0 Å². The molecule has 0 bridgehead atoms. The zero-order chi connectivity index (χ0) is 23.2. The average Bonchev–Trinajstić information content (AvgIpc) is 2.85. The lowest BCUT2D eigenvalue weighted by Gasteiger charge is -2.36. The van der Waals surface area contributed by atoms with Gasteiger partial charge in [-0.1, -0.05) is 44.2 Å². The number of likely N-dealkylation sites (tertiary alicyclic amines) is 1. The number of benzene rings is 2. The maximum Gasteiger partial charge on any atom is 0.272 e. The number of nitrogens with one attached hydrogen (secondary N) is 1. The first-order valence-corrected chi connectivity index (χ1v) is 12.2. The van der Waals surface area contributed by atoms with Gasteiger partial charge in [0.25, 0.3) is 11.5 Å². The van der Waals surface area contributed by atoms with E-state index in [0.717, 1.165) is 42.6 Å². The fraction of sp³-hybridized carbons (Fsp3) is 0.444. The summed E-state index contributed by atoms with van der Waals surface area (Å²) in [5.41, 5.74) is 2.31. The number of fused-ring (bicyclic) bond motifs is 1. The molecule has 2 fully saturated rings. The maximum absolute atomic E-state index is 13.1. The molecule has 0 atom stereocenters. The second kappa shape index (κ2) is 10.8. The third kappa shape index (κ3) is 5.33. The summed E-state index contributed by atoms with van der Waals surface area (Å²) in [5, 5.41) is 8.32. The fourth-order valence-corrected chi connectivity index (χ4v) is 4.47. The number of rotatable bonds is 5. The van der Waals surface area contributed by atoms with Crippen molar-refractivity contribution >= 4 is 16.7 Å². The largest absolute Gasteiger partial charge is 0.375 e. The lowest BCUT2D eigenvalue weighted by Crippen LogP contribution is -2.42. The van der Waals surface area contributed by atoms with Gasteiger partial charge in [-0.25, -0.2) is 5.10 Å². The Kier molecular flexibility index (Phi) is 7.55. The molecule has 1 saturated heterocycles. The van der Waals surface area contributed by atoms with Gasteiger partial charge >= 0.3 is 0 Å². The molecule has 1 saturated carbocycles. The molecule has 174 valence electrons. The van der Waals surface area contributed by atoms with Crippen LogP contribution in [0.25, 0.3) is 10.8 Å². The zero-order valence-corrected chi connectivity index (χ0v) is 19.5. The molecule has 1 aromatic heterocycles. The number of H-pyrrole nitrogens is 1. The van der Waals surface area contributed by atoms with Gasteiger partial charge in [-0.05, 0) is 55.9 Å². The highest BCUT2D eigenvalue weighted by molar-refractivity contribution is 5.94. The molecule has 6 nitrogen and oxygen atoms in total. The van der Waals surface area contributed by atoms with Crippen LogP contribution in [0.5, 0.6) is 0 Å².